The molecule has 1 fully saturated rings. The van der Waals surface area contributed by atoms with E-state index in [1.807, 2.05) is 4.57 Å². The Labute approximate surface area is 166 Å². The Balaban J connectivity index is 1.66. The molecule has 1 N–H and O–H groups in total. The monoisotopic (exact) mass is 401 g/mol. The average molecular weight is 401 g/mol. The van der Waals surface area contributed by atoms with Crippen LogP contribution in [0.2, 0.25) is 0 Å². The zero-order valence-corrected chi connectivity index (χ0v) is 15.9. The van der Waals surface area contributed by atoms with Crippen LogP contribution in [0.25, 0.3) is 10.9 Å². The molecule has 4 heterocycles. The molecular formula is C22H22F3N3O. The van der Waals surface area contributed by atoms with Crippen LogP contribution in [-0.2, 0) is 19.1 Å². The normalized spacial score (nSPS) is 20.6. The molecule has 29 heavy (non-hydrogen) atoms. The van der Waals surface area contributed by atoms with Crippen LogP contribution in [0.3, 0.4) is 0 Å². The average Bonchev–Trinajstić information content (AvgIpc) is 3.30. The van der Waals surface area contributed by atoms with E-state index in [2.05, 4.69) is 9.88 Å². The number of benzene rings is 1. The van der Waals surface area contributed by atoms with Crippen LogP contribution in [0.4, 0.5) is 13.2 Å². The number of halogens is 3. The van der Waals surface area contributed by atoms with Gasteiger partial charge in [-0.05, 0) is 60.8 Å². The molecule has 0 amide bonds. The molecule has 0 saturated carbocycles. The summed E-state index contributed by atoms with van der Waals surface area (Å²) in [5.74, 6) is 0. The van der Waals surface area contributed by atoms with Crippen molar-refractivity contribution in [2.24, 2.45) is 0 Å². The number of pyridine rings is 1. The molecule has 1 aromatic carbocycles. The summed E-state index contributed by atoms with van der Waals surface area (Å²) in [5, 5.41) is 11.5. The van der Waals surface area contributed by atoms with Crippen molar-refractivity contribution in [2.75, 3.05) is 13.1 Å². The van der Waals surface area contributed by atoms with Crippen LogP contribution >= 0.6 is 0 Å². The maximum atomic E-state index is 13.4. The highest BCUT2D eigenvalue weighted by Crippen LogP contribution is 2.44. The lowest BCUT2D eigenvalue weighted by atomic mass is 9.95. The first-order valence-electron chi connectivity index (χ1n) is 9.98. The molecule has 0 unspecified atom stereocenters. The molecule has 2 atom stereocenters. The third-order valence-corrected chi connectivity index (χ3v) is 6.32. The molecule has 3 aromatic rings. The Bertz CT molecular complexity index is 1040. The first-order chi connectivity index (χ1) is 13.9. The molecule has 5 rings (SSSR count). The van der Waals surface area contributed by atoms with E-state index >= 15 is 0 Å². The summed E-state index contributed by atoms with van der Waals surface area (Å²) in [5.41, 5.74) is 2.99. The van der Waals surface area contributed by atoms with Crippen LogP contribution in [0, 0.1) is 0 Å². The van der Waals surface area contributed by atoms with Gasteiger partial charge in [0.1, 0.15) is 0 Å². The summed E-state index contributed by atoms with van der Waals surface area (Å²) in [6.07, 6.45) is 0.961. The quantitative estimate of drug-likeness (QED) is 0.704. The predicted octanol–water partition coefficient (Wildman–Crippen LogP) is 4.48. The summed E-state index contributed by atoms with van der Waals surface area (Å²) in [7, 11) is 0. The van der Waals surface area contributed by atoms with Crippen molar-refractivity contribution in [3.63, 3.8) is 0 Å². The zero-order valence-electron chi connectivity index (χ0n) is 15.9. The number of aliphatic hydroxyl groups excluding tert-OH is 1. The van der Waals surface area contributed by atoms with Gasteiger partial charge in [0.05, 0.1) is 18.2 Å². The van der Waals surface area contributed by atoms with Crippen molar-refractivity contribution in [3.8, 4) is 0 Å². The number of aliphatic hydroxyl groups is 1. The van der Waals surface area contributed by atoms with E-state index in [1.54, 1.807) is 30.6 Å². The minimum atomic E-state index is -4.37. The van der Waals surface area contributed by atoms with E-state index in [9.17, 15) is 18.3 Å². The van der Waals surface area contributed by atoms with Gasteiger partial charge in [-0.25, -0.2) is 0 Å². The summed E-state index contributed by atoms with van der Waals surface area (Å²) in [4.78, 5) is 6.36. The smallest absolute Gasteiger partial charge is 0.387 e. The fraction of sp³-hybridized carbons (Fsp3) is 0.409. The van der Waals surface area contributed by atoms with Crippen LogP contribution in [-0.4, -0.2) is 32.6 Å². The van der Waals surface area contributed by atoms with Gasteiger partial charge in [-0.3, -0.25) is 9.88 Å². The van der Waals surface area contributed by atoms with E-state index in [-0.39, 0.29) is 6.04 Å². The summed E-state index contributed by atoms with van der Waals surface area (Å²) in [6.45, 7) is 2.22. The summed E-state index contributed by atoms with van der Waals surface area (Å²) in [6, 6.07) is 7.71. The van der Waals surface area contributed by atoms with Gasteiger partial charge >= 0.3 is 6.18 Å². The van der Waals surface area contributed by atoms with Crippen molar-refractivity contribution in [1.29, 1.82) is 0 Å². The third-order valence-electron chi connectivity index (χ3n) is 6.32. The fourth-order valence-corrected chi connectivity index (χ4v) is 4.99. The Morgan fingerprint density at radius 2 is 1.93 bits per heavy atom. The fourth-order valence-electron chi connectivity index (χ4n) is 4.99. The van der Waals surface area contributed by atoms with E-state index < -0.39 is 17.8 Å². The van der Waals surface area contributed by atoms with Gasteiger partial charge in [-0.15, -0.1) is 0 Å². The molecule has 0 radical (unpaired) electrons. The van der Waals surface area contributed by atoms with Crippen molar-refractivity contribution in [2.45, 2.75) is 44.1 Å². The molecule has 2 aromatic heterocycles. The third kappa shape index (κ3) is 3.13. The minimum Gasteiger partial charge on any atom is -0.387 e. The van der Waals surface area contributed by atoms with Gasteiger partial charge in [0.2, 0.25) is 0 Å². The number of aromatic nitrogens is 2. The molecule has 152 valence electrons. The number of fused-ring (bicyclic) bond motifs is 5. The highest BCUT2D eigenvalue weighted by atomic mass is 19.4. The van der Waals surface area contributed by atoms with Gasteiger partial charge in [-0.2, -0.15) is 13.2 Å². The number of alkyl halides is 3. The first kappa shape index (κ1) is 18.6. The Kier molecular flexibility index (Phi) is 4.40. The van der Waals surface area contributed by atoms with Crippen molar-refractivity contribution >= 4 is 10.9 Å². The lowest BCUT2D eigenvalue weighted by Crippen LogP contribution is -2.31. The maximum Gasteiger partial charge on any atom is 0.416 e. The molecule has 7 heteroatoms. The van der Waals surface area contributed by atoms with Crippen molar-refractivity contribution in [3.05, 3.63) is 65.1 Å². The molecule has 0 spiro atoms. The lowest BCUT2D eigenvalue weighted by molar-refractivity contribution is -0.137. The number of nitrogens with zero attached hydrogens (tertiary/aromatic N) is 3. The second kappa shape index (κ2) is 6.85. The van der Waals surface area contributed by atoms with Gasteiger partial charge in [-0.1, -0.05) is 0 Å². The first-order valence-corrected chi connectivity index (χ1v) is 9.98. The van der Waals surface area contributed by atoms with Crippen LogP contribution in [0.5, 0.6) is 0 Å². The Morgan fingerprint density at radius 3 is 2.69 bits per heavy atom. The predicted molar refractivity (Wildman–Crippen MR) is 103 cm³/mol. The largest absolute Gasteiger partial charge is 0.416 e. The molecule has 2 aliphatic heterocycles. The van der Waals surface area contributed by atoms with Gasteiger partial charge in [0.15, 0.2) is 0 Å². The molecule has 4 nitrogen and oxygen atoms in total. The topological polar surface area (TPSA) is 41.3 Å². The summed E-state index contributed by atoms with van der Waals surface area (Å²) < 4.78 is 42.2. The molecular weight excluding hydrogens is 379 g/mol. The van der Waals surface area contributed by atoms with E-state index in [0.717, 1.165) is 60.8 Å². The van der Waals surface area contributed by atoms with Crippen LogP contribution in [0.1, 0.15) is 47.4 Å². The molecule has 0 aliphatic carbocycles. The van der Waals surface area contributed by atoms with Crippen LogP contribution in [0.15, 0.2) is 42.7 Å². The molecule has 0 bridgehead atoms. The van der Waals surface area contributed by atoms with Gasteiger partial charge in [0.25, 0.3) is 0 Å². The van der Waals surface area contributed by atoms with Crippen molar-refractivity contribution < 1.29 is 18.3 Å². The number of hydrogen-bond acceptors (Lipinski definition) is 3. The second-order valence-electron chi connectivity index (χ2n) is 7.94. The highest BCUT2D eigenvalue weighted by molar-refractivity contribution is 5.87. The summed E-state index contributed by atoms with van der Waals surface area (Å²) >= 11 is 0. The van der Waals surface area contributed by atoms with Gasteiger partial charge in [0, 0.05) is 48.0 Å². The van der Waals surface area contributed by atoms with Gasteiger partial charge < -0.3 is 9.67 Å². The Morgan fingerprint density at radius 1 is 1.14 bits per heavy atom. The number of rotatable bonds is 3. The molecule has 1 saturated heterocycles. The second-order valence-corrected chi connectivity index (χ2v) is 7.94. The van der Waals surface area contributed by atoms with E-state index in [4.69, 9.17) is 0 Å². The molecule has 2 aliphatic rings. The van der Waals surface area contributed by atoms with E-state index in [0.29, 0.717) is 11.9 Å². The lowest BCUT2D eigenvalue weighted by Gasteiger charge is -2.31. The minimum absolute atomic E-state index is 0.170. The van der Waals surface area contributed by atoms with Crippen LogP contribution < -0.4 is 0 Å². The highest BCUT2D eigenvalue weighted by Gasteiger charge is 2.37. The zero-order chi connectivity index (χ0) is 20.2. The standard InChI is InChI=1S/C22H22F3N3O/c23-22(24,25)15-3-4-17-16(12-15)21-18-2-1-10-27(18)11-7-19(21)28(17)13-20(29)14-5-8-26-9-6-14/h3-6,8-9,12,18,20,29H,1-2,7,10-11,13H2/t18-,20-/m1/s1. The maximum absolute atomic E-state index is 13.4. The number of hydrogen-bond donors (Lipinski definition) is 1. The van der Waals surface area contributed by atoms with E-state index in [1.165, 1.54) is 6.07 Å². The Hall–Kier alpha value is -2.38. The SMILES string of the molecule is O[C@H](Cn1c2c(c3cc(C(F)(F)F)ccc31)[C@H]1CCCN1CC2)c1ccncc1. The van der Waals surface area contributed by atoms with Crippen molar-refractivity contribution in [1.82, 2.24) is 14.5 Å².